The first-order chi connectivity index (χ1) is 57.1. The molecule has 0 saturated heterocycles. The van der Waals surface area contributed by atoms with Gasteiger partial charge in [-0.05, 0) is 63.0 Å². The Hall–Kier alpha value is -4.74. The Balaban J connectivity index is 0.0000354. The first kappa shape index (κ1) is 106. The molecule has 2 aliphatic rings. The predicted octanol–water partition coefficient (Wildman–Crippen LogP) is 4.60. The highest BCUT2D eigenvalue weighted by Crippen LogP contribution is 2.46. The number of carbonyl (C=O) groups is 2. The number of carbonyl (C=O) groups excluding carboxylic acids is 1. The molecule has 2 aromatic carbocycles. The number of benzene rings is 2. The second-order valence-electron chi connectivity index (χ2n) is 27.7. The van der Waals surface area contributed by atoms with Crippen molar-refractivity contribution in [1.29, 1.82) is 0 Å². The molecular weight excluding hydrogens is 1540 g/mol. The van der Waals surface area contributed by atoms with Crippen molar-refractivity contribution in [1.82, 2.24) is 5.32 Å². The molecule has 1 unspecified atom stereocenters. The van der Waals surface area contributed by atoms with Gasteiger partial charge in [0.2, 0.25) is 17.3 Å². The summed E-state index contributed by atoms with van der Waals surface area (Å²) in [6, 6.07) is 17.2. The minimum Gasteiger partial charge on any atom is -1.00 e. The molecule has 117 heavy (non-hydrogen) atoms. The van der Waals surface area contributed by atoms with Gasteiger partial charge in [-0.15, -0.1) is 0 Å². The quantitative estimate of drug-likeness (QED) is 0.0519. The number of aliphatic carboxylic acids is 1. The highest BCUT2D eigenvalue weighted by molar-refractivity contribution is 6.02. The molecule has 0 bridgehead atoms. The van der Waals surface area contributed by atoms with Crippen molar-refractivity contribution in [3.8, 4) is 0 Å². The predicted molar refractivity (Wildman–Crippen MR) is 438 cm³/mol. The van der Waals surface area contributed by atoms with Crippen molar-refractivity contribution in [2.45, 2.75) is 95.9 Å². The molecule has 1 atom stereocenters. The fourth-order valence-electron chi connectivity index (χ4n) is 12.0. The molecule has 2 aromatic rings. The molecule has 2 heterocycles. The standard InChI is InChI=1S/C86H143N3O27.ClH/c1-85(2)77-19-13-15-21-79(77)88(81(85)23-9-6-10-24-82-86(3,4)78-20-14-16-22-80(78)89(82)29-18-8-12-26-84(91)92)28-17-7-11-25-83(90)87-27-30-94-33-34-96-37-38-98-41-42-100-45-46-102-49-50-104-53-54-106-57-58-108-61-62-110-65-66-112-69-70-114-73-74-116-76-75-115-72-71-113-68-67-111-64-63-109-60-59-107-56-55-105-52-51-103-48-47-101-44-43-99-40-39-97-36-35-95-32-31-93-5;/h13-16,19-24,82H,7-8,11-12,17-18,25-76H2,1-5H3,(H-,87,90,91,92);1H. The van der Waals surface area contributed by atoms with E-state index in [0.29, 0.717) is 330 Å². The zero-order chi connectivity index (χ0) is 82.7. The van der Waals surface area contributed by atoms with Crippen molar-refractivity contribution >= 4 is 29.0 Å². The lowest BCUT2D eigenvalue weighted by atomic mass is 9.80. The van der Waals surface area contributed by atoms with Gasteiger partial charge in [0.05, 0.1) is 328 Å². The second kappa shape index (κ2) is 76.2. The van der Waals surface area contributed by atoms with Gasteiger partial charge in [-0.2, -0.15) is 4.58 Å². The van der Waals surface area contributed by atoms with E-state index in [1.54, 1.807) is 7.11 Å². The molecule has 0 spiro atoms. The van der Waals surface area contributed by atoms with Crippen LogP contribution < -0.4 is 22.6 Å². The van der Waals surface area contributed by atoms with Crippen LogP contribution in [0.2, 0.25) is 0 Å². The smallest absolute Gasteiger partial charge is 0.303 e. The molecule has 31 heteroatoms. The normalized spacial score (nSPS) is 13.9. The van der Waals surface area contributed by atoms with Crippen LogP contribution in [0.4, 0.5) is 11.4 Å². The van der Waals surface area contributed by atoms with Crippen LogP contribution in [0.1, 0.15) is 90.2 Å². The number of ether oxygens (including phenoxy) is 24. The van der Waals surface area contributed by atoms with Crippen molar-refractivity contribution in [2.75, 3.05) is 342 Å². The van der Waals surface area contributed by atoms with E-state index in [1.807, 2.05) is 6.08 Å². The number of allylic oxidation sites excluding steroid dienone is 1. The maximum absolute atomic E-state index is 12.7. The number of carboxylic acids is 1. The van der Waals surface area contributed by atoms with Gasteiger partial charge < -0.3 is 141 Å². The molecule has 2 aliphatic heterocycles. The number of amides is 1. The van der Waals surface area contributed by atoms with Gasteiger partial charge in [0, 0.05) is 62.2 Å². The lowest BCUT2D eigenvalue weighted by Crippen LogP contribution is -3.00. The zero-order valence-corrected chi connectivity index (χ0v) is 72.0. The summed E-state index contributed by atoms with van der Waals surface area (Å²) in [6.45, 7) is 33.9. The van der Waals surface area contributed by atoms with Crippen LogP contribution >= 0.6 is 0 Å². The number of hydrogen-bond donors (Lipinski definition) is 2. The second-order valence-corrected chi connectivity index (χ2v) is 27.7. The Morgan fingerprint density at radius 2 is 0.701 bits per heavy atom. The van der Waals surface area contributed by atoms with Crippen LogP contribution in [0.5, 0.6) is 0 Å². The van der Waals surface area contributed by atoms with Gasteiger partial charge >= 0.3 is 5.97 Å². The number of hydrogen-bond acceptors (Lipinski definition) is 27. The van der Waals surface area contributed by atoms with Gasteiger partial charge in [0.25, 0.3) is 0 Å². The molecule has 0 aromatic heterocycles. The maximum atomic E-state index is 12.7. The summed E-state index contributed by atoms with van der Waals surface area (Å²) in [5.41, 5.74) is 15.7. The zero-order valence-electron chi connectivity index (χ0n) is 71.2. The third-order valence-electron chi connectivity index (χ3n) is 18.1. The van der Waals surface area contributed by atoms with Gasteiger partial charge in [-0.25, -0.2) is 0 Å². The Labute approximate surface area is 703 Å². The van der Waals surface area contributed by atoms with Crippen LogP contribution in [-0.2, 0) is 134 Å². The molecule has 0 aliphatic carbocycles. The van der Waals surface area contributed by atoms with Crippen LogP contribution in [0.3, 0.4) is 0 Å². The summed E-state index contributed by atoms with van der Waals surface area (Å²) >= 11 is 0. The minimum absolute atomic E-state index is 0. The maximum Gasteiger partial charge on any atom is 0.303 e. The van der Waals surface area contributed by atoms with E-state index < -0.39 is 5.97 Å². The van der Waals surface area contributed by atoms with Gasteiger partial charge in [0.1, 0.15) is 6.54 Å². The van der Waals surface area contributed by atoms with E-state index in [2.05, 4.69) is 114 Å². The van der Waals surface area contributed by atoms with Crippen molar-refractivity contribution < 1.29 is 145 Å². The third-order valence-corrected chi connectivity index (χ3v) is 18.1. The van der Waals surface area contributed by atoms with Crippen LogP contribution in [0.25, 0.3) is 0 Å². The molecule has 0 radical (unpaired) electrons. The molecule has 2 N–H and O–H groups in total. The number of unbranched alkanes of at least 4 members (excludes halogenated alkanes) is 4. The van der Waals surface area contributed by atoms with E-state index in [1.165, 1.54) is 22.5 Å². The summed E-state index contributed by atoms with van der Waals surface area (Å²) in [4.78, 5) is 26.2. The van der Waals surface area contributed by atoms with Crippen LogP contribution in [0, 0.1) is 0 Å². The molecule has 0 fully saturated rings. The first-order valence-corrected chi connectivity index (χ1v) is 41.9. The minimum atomic E-state index is -0.744. The topological polar surface area (TPSA) is 294 Å². The molecule has 30 nitrogen and oxygen atoms in total. The SMILES string of the molecule is COCCOCCOCCOCCOCCOCCOCCOCCOCCOCCOCCOCCOCCOCCOCCOCCOCCOCCOCCOCCOCCOCCOCCOCCNC(=O)CCCCC[N+]1=C(C=C=C=C=CC2N(CCCCCC(=O)O)c3ccccc3C2(C)C)C(C)(C)c2ccccc21.[Cl-]. The Bertz CT molecular complexity index is 2870. The highest BCUT2D eigenvalue weighted by Gasteiger charge is 2.45. The number of carboxylic acid groups (broad SMARTS) is 1. The molecule has 4 rings (SSSR count). The fraction of sp³-hybridized carbons (Fsp3) is 0.767. The number of anilines is 1. The van der Waals surface area contributed by atoms with Gasteiger partial charge in [0.15, 0.2) is 0 Å². The number of fused-ring (bicyclic) bond motifs is 2. The number of halogens is 1. The van der Waals surface area contributed by atoms with E-state index >= 15 is 0 Å². The van der Waals surface area contributed by atoms with Crippen LogP contribution in [0.15, 0.2) is 77.9 Å². The summed E-state index contributed by atoms with van der Waals surface area (Å²) < 4.78 is 135. The largest absolute Gasteiger partial charge is 1.00 e. The average Bonchev–Trinajstić information content (AvgIpc) is 1.61. The summed E-state index contributed by atoms with van der Waals surface area (Å²) in [6.07, 6.45) is 9.93. The van der Waals surface area contributed by atoms with Crippen molar-refractivity contribution in [2.24, 2.45) is 0 Å². The van der Waals surface area contributed by atoms with E-state index in [-0.39, 0.29) is 41.6 Å². The number of nitrogens with zero attached hydrogens (tertiary/aromatic N) is 2. The lowest BCUT2D eigenvalue weighted by Gasteiger charge is -2.31. The van der Waals surface area contributed by atoms with Crippen LogP contribution in [-0.4, -0.2) is 371 Å². The lowest BCUT2D eigenvalue weighted by molar-refractivity contribution is -0.438. The number of methoxy groups -OCH3 is 1. The Morgan fingerprint density at radius 3 is 1.05 bits per heavy atom. The van der Waals surface area contributed by atoms with Crippen molar-refractivity contribution in [3.05, 3.63) is 89.0 Å². The summed E-state index contributed by atoms with van der Waals surface area (Å²) in [7, 11) is 1.64. The molecular formula is C86H144ClN3O27. The number of rotatable bonds is 86. The Morgan fingerprint density at radius 1 is 0.393 bits per heavy atom. The van der Waals surface area contributed by atoms with E-state index in [4.69, 9.17) is 119 Å². The van der Waals surface area contributed by atoms with E-state index in [9.17, 15) is 9.59 Å². The molecule has 0 saturated carbocycles. The summed E-state index contributed by atoms with van der Waals surface area (Å²) in [5.74, 6) is -0.717. The number of para-hydroxylation sites is 2. The number of nitrogens with one attached hydrogen (secondary N) is 1. The highest BCUT2D eigenvalue weighted by atomic mass is 35.5. The first-order valence-electron chi connectivity index (χ1n) is 41.9. The molecule has 672 valence electrons. The van der Waals surface area contributed by atoms with Gasteiger partial charge in [-0.1, -0.05) is 68.1 Å². The van der Waals surface area contributed by atoms with Gasteiger partial charge in [-0.3, -0.25) is 9.59 Å². The summed E-state index contributed by atoms with van der Waals surface area (Å²) in [5, 5.41) is 12.1. The molecule has 1 amide bonds. The third kappa shape index (κ3) is 55.1. The average molecular weight is 1690 g/mol. The Kier molecular flexibility index (Phi) is 69.3. The fourth-order valence-corrected chi connectivity index (χ4v) is 12.0. The monoisotopic (exact) mass is 1690 g/mol. The van der Waals surface area contributed by atoms with E-state index in [0.717, 1.165) is 50.9 Å². The van der Waals surface area contributed by atoms with Crippen molar-refractivity contribution in [3.63, 3.8) is 0 Å².